The van der Waals surface area contributed by atoms with Crippen molar-refractivity contribution >= 4 is 40.2 Å². The molecule has 0 atom stereocenters. The van der Waals surface area contributed by atoms with Gasteiger partial charge in [-0.05, 0) is 30.5 Å². The summed E-state index contributed by atoms with van der Waals surface area (Å²) in [6.07, 6.45) is 4.65. The van der Waals surface area contributed by atoms with Gasteiger partial charge in [0.25, 0.3) is 5.24 Å². The Kier molecular flexibility index (Phi) is 6.52. The van der Waals surface area contributed by atoms with Crippen molar-refractivity contribution in [2.24, 2.45) is 0 Å². The Morgan fingerprint density at radius 1 is 1.19 bits per heavy atom. The van der Waals surface area contributed by atoms with Crippen molar-refractivity contribution in [1.82, 2.24) is 4.90 Å². The zero-order valence-corrected chi connectivity index (χ0v) is 14.4. The summed E-state index contributed by atoms with van der Waals surface area (Å²) in [5.41, 5.74) is 0.930. The minimum Gasteiger partial charge on any atom is -0.494 e. The van der Waals surface area contributed by atoms with Crippen LogP contribution in [0.1, 0.15) is 31.2 Å². The van der Waals surface area contributed by atoms with Crippen LogP contribution >= 0.6 is 35.0 Å². The third kappa shape index (κ3) is 4.70. The number of likely N-dealkylation sites (tertiary alicyclic amines) is 1. The van der Waals surface area contributed by atoms with Crippen LogP contribution in [0.2, 0.25) is 10.0 Å². The number of amides is 1. The first-order valence-corrected chi connectivity index (χ1v) is 8.79. The van der Waals surface area contributed by atoms with Crippen LogP contribution in [-0.4, -0.2) is 30.3 Å². The quantitative estimate of drug-likeness (QED) is 0.749. The molecule has 3 nitrogen and oxygen atoms in total. The molecule has 1 aliphatic heterocycles. The van der Waals surface area contributed by atoms with Crippen LogP contribution in [0, 0.1) is 0 Å². The van der Waals surface area contributed by atoms with E-state index in [-0.39, 0.29) is 5.24 Å². The highest BCUT2D eigenvalue weighted by Crippen LogP contribution is 2.35. The average Bonchev–Trinajstić information content (AvgIpc) is 2.73. The van der Waals surface area contributed by atoms with Crippen LogP contribution in [0.4, 0.5) is 4.79 Å². The summed E-state index contributed by atoms with van der Waals surface area (Å²) in [5, 5.41) is 1.09. The standard InChI is InChI=1S/C15H19Cl2NO2S/c1-20-14-12(16)8-11(9-13(14)17)10-21-15(19)18-6-4-2-3-5-7-18/h8-9H,2-7,10H2,1H3. The van der Waals surface area contributed by atoms with E-state index in [0.717, 1.165) is 31.5 Å². The summed E-state index contributed by atoms with van der Waals surface area (Å²) in [6, 6.07) is 3.60. The molecule has 116 valence electrons. The summed E-state index contributed by atoms with van der Waals surface area (Å²) in [6.45, 7) is 1.74. The Morgan fingerprint density at radius 2 is 1.76 bits per heavy atom. The van der Waals surface area contributed by atoms with Gasteiger partial charge in [-0.15, -0.1) is 0 Å². The molecule has 0 saturated carbocycles. The van der Waals surface area contributed by atoms with Gasteiger partial charge < -0.3 is 9.64 Å². The predicted octanol–water partition coefficient (Wildman–Crippen LogP) is 5.23. The first-order chi connectivity index (χ1) is 10.1. The number of carbonyl (C=O) groups is 1. The molecule has 21 heavy (non-hydrogen) atoms. The van der Waals surface area contributed by atoms with E-state index in [0.29, 0.717) is 21.5 Å². The Morgan fingerprint density at radius 3 is 2.29 bits per heavy atom. The number of carbonyl (C=O) groups excluding carboxylic acids is 1. The lowest BCUT2D eigenvalue weighted by atomic mass is 10.2. The Bertz CT molecular complexity index is 479. The maximum atomic E-state index is 12.2. The van der Waals surface area contributed by atoms with E-state index in [2.05, 4.69) is 0 Å². The van der Waals surface area contributed by atoms with Gasteiger partial charge in [0, 0.05) is 18.8 Å². The number of benzene rings is 1. The minimum atomic E-state index is 0.139. The van der Waals surface area contributed by atoms with Crippen LogP contribution in [0.15, 0.2) is 12.1 Å². The predicted molar refractivity (Wildman–Crippen MR) is 89.7 cm³/mol. The Balaban J connectivity index is 1.94. The van der Waals surface area contributed by atoms with E-state index < -0.39 is 0 Å². The topological polar surface area (TPSA) is 29.5 Å². The van der Waals surface area contributed by atoms with Gasteiger partial charge in [-0.1, -0.05) is 47.8 Å². The molecule has 1 aromatic carbocycles. The molecule has 6 heteroatoms. The highest BCUT2D eigenvalue weighted by Gasteiger charge is 2.16. The molecule has 1 saturated heterocycles. The van der Waals surface area contributed by atoms with Gasteiger partial charge in [0.1, 0.15) is 0 Å². The van der Waals surface area contributed by atoms with E-state index in [1.807, 2.05) is 4.90 Å². The number of ether oxygens (including phenoxy) is 1. The van der Waals surface area contributed by atoms with Crippen LogP contribution in [-0.2, 0) is 5.75 Å². The molecule has 2 rings (SSSR count). The second-order valence-corrected chi connectivity index (χ2v) is 6.79. The molecular weight excluding hydrogens is 329 g/mol. The fourth-order valence-corrected chi connectivity index (χ4v) is 3.89. The average molecular weight is 348 g/mol. The largest absolute Gasteiger partial charge is 0.494 e. The van der Waals surface area contributed by atoms with Gasteiger partial charge in [0.05, 0.1) is 17.2 Å². The summed E-state index contributed by atoms with van der Waals surface area (Å²) in [4.78, 5) is 14.2. The van der Waals surface area contributed by atoms with Gasteiger partial charge in [-0.25, -0.2) is 0 Å². The lowest BCUT2D eigenvalue weighted by Crippen LogP contribution is -2.28. The molecule has 0 bridgehead atoms. The van der Waals surface area contributed by atoms with E-state index in [1.54, 1.807) is 12.1 Å². The first-order valence-electron chi connectivity index (χ1n) is 7.05. The highest BCUT2D eigenvalue weighted by atomic mass is 35.5. The van der Waals surface area contributed by atoms with Crippen molar-refractivity contribution in [1.29, 1.82) is 0 Å². The van der Waals surface area contributed by atoms with E-state index in [1.165, 1.54) is 31.7 Å². The van der Waals surface area contributed by atoms with Gasteiger partial charge in [0.2, 0.25) is 0 Å². The minimum absolute atomic E-state index is 0.139. The van der Waals surface area contributed by atoms with E-state index >= 15 is 0 Å². The van der Waals surface area contributed by atoms with Crippen molar-refractivity contribution < 1.29 is 9.53 Å². The van der Waals surface area contributed by atoms with Crippen molar-refractivity contribution in [3.05, 3.63) is 27.7 Å². The Hall–Kier alpha value is -0.580. The monoisotopic (exact) mass is 347 g/mol. The van der Waals surface area contributed by atoms with Crippen molar-refractivity contribution in [3.8, 4) is 5.75 Å². The molecule has 1 heterocycles. The first kappa shape index (κ1) is 16.8. The zero-order valence-electron chi connectivity index (χ0n) is 12.0. The summed E-state index contributed by atoms with van der Waals surface area (Å²) >= 11 is 13.5. The normalized spacial score (nSPS) is 15.7. The number of hydrogen-bond donors (Lipinski definition) is 0. The van der Waals surface area contributed by atoms with Gasteiger partial charge in [-0.3, -0.25) is 4.79 Å². The molecule has 0 aliphatic carbocycles. The summed E-state index contributed by atoms with van der Waals surface area (Å²) in [7, 11) is 1.53. The smallest absolute Gasteiger partial charge is 0.281 e. The number of nitrogens with zero attached hydrogens (tertiary/aromatic N) is 1. The molecule has 0 spiro atoms. The van der Waals surface area contributed by atoms with E-state index in [9.17, 15) is 4.79 Å². The molecule has 1 aromatic rings. The number of halogens is 2. The van der Waals surface area contributed by atoms with Gasteiger partial charge >= 0.3 is 0 Å². The van der Waals surface area contributed by atoms with Crippen LogP contribution < -0.4 is 4.74 Å². The lowest BCUT2D eigenvalue weighted by Gasteiger charge is -2.19. The maximum absolute atomic E-state index is 12.2. The fraction of sp³-hybridized carbons (Fsp3) is 0.533. The third-order valence-corrected chi connectivity index (χ3v) is 5.03. The zero-order chi connectivity index (χ0) is 15.2. The molecule has 0 N–H and O–H groups in total. The van der Waals surface area contributed by atoms with Crippen molar-refractivity contribution in [2.45, 2.75) is 31.4 Å². The SMILES string of the molecule is COc1c(Cl)cc(CSC(=O)N2CCCCCC2)cc1Cl. The van der Waals surface area contributed by atoms with Crippen molar-refractivity contribution in [2.75, 3.05) is 20.2 Å². The van der Waals surface area contributed by atoms with Crippen molar-refractivity contribution in [3.63, 3.8) is 0 Å². The molecule has 0 unspecified atom stereocenters. The third-order valence-electron chi connectivity index (χ3n) is 3.49. The van der Waals surface area contributed by atoms with Crippen LogP contribution in [0.25, 0.3) is 0 Å². The van der Waals surface area contributed by atoms with Crippen LogP contribution in [0.5, 0.6) is 5.75 Å². The molecular formula is C15H19Cl2NO2S. The second kappa shape index (κ2) is 8.16. The molecule has 0 radical (unpaired) electrons. The molecule has 0 aromatic heterocycles. The molecule has 1 fully saturated rings. The van der Waals surface area contributed by atoms with Gasteiger partial charge in [-0.2, -0.15) is 0 Å². The number of hydrogen-bond acceptors (Lipinski definition) is 3. The molecule has 1 amide bonds. The maximum Gasteiger partial charge on any atom is 0.281 e. The molecule has 1 aliphatic rings. The number of methoxy groups -OCH3 is 1. The summed E-state index contributed by atoms with van der Waals surface area (Å²) in [5.74, 6) is 1.05. The lowest BCUT2D eigenvalue weighted by molar-refractivity contribution is 0.225. The van der Waals surface area contributed by atoms with Crippen LogP contribution in [0.3, 0.4) is 0 Å². The number of thioether (sulfide) groups is 1. The highest BCUT2D eigenvalue weighted by molar-refractivity contribution is 8.12. The second-order valence-electron chi connectivity index (χ2n) is 5.05. The summed E-state index contributed by atoms with van der Waals surface area (Å²) < 4.78 is 5.12. The van der Waals surface area contributed by atoms with Gasteiger partial charge in [0.15, 0.2) is 5.75 Å². The fourth-order valence-electron chi connectivity index (χ4n) is 2.38. The Labute approximate surface area is 139 Å². The van der Waals surface area contributed by atoms with E-state index in [4.69, 9.17) is 27.9 Å². The number of rotatable bonds is 3.